The molecule has 26 heavy (non-hydrogen) atoms. The number of nitro groups is 1. The van der Waals surface area contributed by atoms with Gasteiger partial charge in [-0.3, -0.25) is 14.9 Å². The number of nitrogens with one attached hydrogen (secondary N) is 1. The molecule has 0 spiro atoms. The average Bonchev–Trinajstić information content (AvgIpc) is 2.65. The summed E-state index contributed by atoms with van der Waals surface area (Å²) in [5.41, 5.74) is 1.16. The summed E-state index contributed by atoms with van der Waals surface area (Å²) in [5, 5.41) is 16.1. The van der Waals surface area contributed by atoms with E-state index in [9.17, 15) is 14.9 Å². The Labute approximate surface area is 150 Å². The minimum atomic E-state index is -0.525. The van der Waals surface area contributed by atoms with Crippen LogP contribution < -0.4 is 10.1 Å². The lowest BCUT2D eigenvalue weighted by Crippen LogP contribution is -2.24. The van der Waals surface area contributed by atoms with E-state index < -0.39 is 10.8 Å². The van der Waals surface area contributed by atoms with E-state index in [1.165, 1.54) is 6.07 Å². The van der Waals surface area contributed by atoms with E-state index in [1.807, 2.05) is 36.4 Å². The van der Waals surface area contributed by atoms with Crippen LogP contribution in [-0.2, 0) is 6.54 Å². The fraction of sp³-hybridized carbons (Fsp3) is 0.150. The molecule has 0 aliphatic heterocycles. The van der Waals surface area contributed by atoms with Gasteiger partial charge in [0.05, 0.1) is 12.0 Å². The summed E-state index contributed by atoms with van der Waals surface area (Å²) < 4.78 is 5.41. The van der Waals surface area contributed by atoms with E-state index in [1.54, 1.807) is 26.2 Å². The number of hydrogen-bond acceptors (Lipinski definition) is 4. The van der Waals surface area contributed by atoms with Crippen molar-refractivity contribution in [2.45, 2.75) is 13.5 Å². The number of benzene rings is 3. The van der Waals surface area contributed by atoms with Gasteiger partial charge in [0.15, 0.2) is 0 Å². The smallest absolute Gasteiger partial charge is 0.285 e. The number of fused-ring (bicyclic) bond motifs is 1. The lowest BCUT2D eigenvalue weighted by atomic mass is 10.0. The predicted molar refractivity (Wildman–Crippen MR) is 99.5 cm³/mol. The molecule has 0 aliphatic rings. The molecule has 0 bridgehead atoms. The van der Waals surface area contributed by atoms with Gasteiger partial charge < -0.3 is 10.1 Å². The van der Waals surface area contributed by atoms with Crippen molar-refractivity contribution in [2.24, 2.45) is 0 Å². The third-order valence-electron chi connectivity index (χ3n) is 4.31. The monoisotopic (exact) mass is 350 g/mol. The fourth-order valence-corrected chi connectivity index (χ4v) is 3.04. The van der Waals surface area contributed by atoms with Crippen LogP contribution in [0.2, 0.25) is 0 Å². The van der Waals surface area contributed by atoms with Crippen molar-refractivity contribution in [3.05, 3.63) is 81.4 Å². The summed E-state index contributed by atoms with van der Waals surface area (Å²) >= 11 is 0. The minimum absolute atomic E-state index is 0.0502. The first-order valence-corrected chi connectivity index (χ1v) is 8.09. The molecule has 3 aromatic carbocycles. The van der Waals surface area contributed by atoms with Crippen LogP contribution in [0.15, 0.2) is 54.6 Å². The van der Waals surface area contributed by atoms with Crippen LogP contribution in [0.3, 0.4) is 0 Å². The molecule has 0 saturated carbocycles. The van der Waals surface area contributed by atoms with E-state index in [0.29, 0.717) is 11.3 Å². The van der Waals surface area contributed by atoms with Gasteiger partial charge in [0.1, 0.15) is 11.3 Å². The Balaban J connectivity index is 1.93. The van der Waals surface area contributed by atoms with Gasteiger partial charge in [0, 0.05) is 17.7 Å². The Bertz CT molecular complexity index is 998. The molecule has 1 amide bonds. The Morgan fingerprint density at radius 1 is 1.12 bits per heavy atom. The van der Waals surface area contributed by atoms with Gasteiger partial charge in [-0.2, -0.15) is 0 Å². The molecule has 6 nitrogen and oxygen atoms in total. The van der Waals surface area contributed by atoms with Crippen LogP contribution >= 0.6 is 0 Å². The van der Waals surface area contributed by atoms with E-state index >= 15 is 0 Å². The number of hydrogen-bond donors (Lipinski definition) is 1. The molecular formula is C20H18N2O4. The van der Waals surface area contributed by atoms with E-state index in [2.05, 4.69) is 5.32 Å². The van der Waals surface area contributed by atoms with Crippen LogP contribution in [0.1, 0.15) is 21.5 Å². The van der Waals surface area contributed by atoms with Crippen molar-refractivity contribution in [3.63, 3.8) is 0 Å². The lowest BCUT2D eigenvalue weighted by molar-refractivity contribution is -0.385. The van der Waals surface area contributed by atoms with Crippen molar-refractivity contribution >= 4 is 22.4 Å². The zero-order valence-electron chi connectivity index (χ0n) is 14.5. The number of aryl methyl sites for hydroxylation is 1. The zero-order chi connectivity index (χ0) is 18.7. The molecule has 6 heteroatoms. The number of nitro benzene ring substituents is 1. The van der Waals surface area contributed by atoms with Crippen LogP contribution in [0, 0.1) is 17.0 Å². The summed E-state index contributed by atoms with van der Waals surface area (Å²) in [4.78, 5) is 23.4. The van der Waals surface area contributed by atoms with Crippen molar-refractivity contribution < 1.29 is 14.5 Å². The second-order valence-electron chi connectivity index (χ2n) is 5.88. The predicted octanol–water partition coefficient (Wildman–Crippen LogP) is 4.00. The molecule has 132 valence electrons. The molecule has 0 fully saturated rings. The molecule has 1 N–H and O–H groups in total. The van der Waals surface area contributed by atoms with Gasteiger partial charge in [-0.1, -0.05) is 42.5 Å². The number of nitrogens with zero attached hydrogens (tertiary/aromatic N) is 1. The van der Waals surface area contributed by atoms with Gasteiger partial charge in [0.25, 0.3) is 11.6 Å². The molecule has 0 heterocycles. The number of methoxy groups -OCH3 is 1. The average molecular weight is 350 g/mol. The number of amides is 1. The Kier molecular flexibility index (Phi) is 4.84. The summed E-state index contributed by atoms with van der Waals surface area (Å²) in [6, 6.07) is 16.3. The van der Waals surface area contributed by atoms with E-state index in [0.717, 1.165) is 16.3 Å². The highest BCUT2D eigenvalue weighted by Gasteiger charge is 2.22. The van der Waals surface area contributed by atoms with Crippen LogP contribution in [0.25, 0.3) is 10.8 Å². The first kappa shape index (κ1) is 17.4. The number of rotatable bonds is 5. The number of carbonyl (C=O) groups is 1. The SMILES string of the molecule is COc1ccc2ccccc2c1CNC(=O)c1cccc(C)c1[N+](=O)[O-]. The molecule has 0 aromatic heterocycles. The number of ether oxygens (including phenoxy) is 1. The van der Waals surface area contributed by atoms with Gasteiger partial charge in [-0.15, -0.1) is 0 Å². The van der Waals surface area contributed by atoms with Crippen molar-refractivity contribution in [2.75, 3.05) is 7.11 Å². The highest BCUT2D eigenvalue weighted by Crippen LogP contribution is 2.28. The van der Waals surface area contributed by atoms with Crippen LogP contribution in [0.5, 0.6) is 5.75 Å². The van der Waals surface area contributed by atoms with Crippen molar-refractivity contribution in [1.29, 1.82) is 0 Å². The quantitative estimate of drug-likeness (QED) is 0.557. The highest BCUT2D eigenvalue weighted by molar-refractivity contribution is 5.99. The molecule has 0 saturated heterocycles. The summed E-state index contributed by atoms with van der Waals surface area (Å²) in [5.74, 6) is 0.165. The molecule has 0 aliphatic carbocycles. The van der Waals surface area contributed by atoms with Gasteiger partial charge >= 0.3 is 0 Å². The highest BCUT2D eigenvalue weighted by atomic mass is 16.6. The summed E-state index contributed by atoms with van der Waals surface area (Å²) in [6.45, 7) is 1.82. The van der Waals surface area contributed by atoms with Gasteiger partial charge in [0.2, 0.25) is 0 Å². The lowest BCUT2D eigenvalue weighted by Gasteiger charge is -2.13. The Morgan fingerprint density at radius 2 is 1.88 bits per heavy atom. The maximum absolute atomic E-state index is 12.6. The van der Waals surface area contributed by atoms with Crippen molar-refractivity contribution in [1.82, 2.24) is 5.32 Å². The zero-order valence-corrected chi connectivity index (χ0v) is 14.5. The largest absolute Gasteiger partial charge is 0.496 e. The Hall–Kier alpha value is -3.41. The third kappa shape index (κ3) is 3.21. The van der Waals surface area contributed by atoms with Crippen molar-refractivity contribution in [3.8, 4) is 5.75 Å². The second-order valence-corrected chi connectivity index (χ2v) is 5.88. The van der Waals surface area contributed by atoms with E-state index in [4.69, 9.17) is 4.74 Å². The first-order chi connectivity index (χ1) is 12.5. The molecule has 0 unspecified atom stereocenters. The maximum Gasteiger partial charge on any atom is 0.285 e. The normalized spacial score (nSPS) is 10.5. The maximum atomic E-state index is 12.6. The second kappa shape index (κ2) is 7.23. The number of carbonyl (C=O) groups excluding carboxylic acids is 1. The van der Waals surface area contributed by atoms with Gasteiger partial charge in [-0.25, -0.2) is 0 Å². The van der Waals surface area contributed by atoms with Crippen LogP contribution in [-0.4, -0.2) is 17.9 Å². The molecule has 0 atom stereocenters. The van der Waals surface area contributed by atoms with Gasteiger partial charge in [-0.05, 0) is 29.8 Å². The standard InChI is InChI=1S/C20H18N2O4/c1-13-6-5-9-16(19(13)22(24)25)20(23)21-12-17-15-8-4-3-7-14(15)10-11-18(17)26-2/h3-11H,12H2,1-2H3,(H,21,23). The first-order valence-electron chi connectivity index (χ1n) is 8.09. The topological polar surface area (TPSA) is 81.5 Å². The third-order valence-corrected chi connectivity index (χ3v) is 4.31. The molecule has 3 aromatic rings. The molecule has 0 radical (unpaired) electrons. The van der Waals surface area contributed by atoms with E-state index in [-0.39, 0.29) is 17.8 Å². The Morgan fingerprint density at radius 3 is 2.62 bits per heavy atom. The number of para-hydroxylation sites is 1. The molecule has 3 rings (SSSR count). The fourth-order valence-electron chi connectivity index (χ4n) is 3.04. The molecular weight excluding hydrogens is 332 g/mol. The van der Waals surface area contributed by atoms with Crippen LogP contribution in [0.4, 0.5) is 5.69 Å². The summed E-state index contributed by atoms with van der Waals surface area (Å²) in [7, 11) is 1.57. The summed E-state index contributed by atoms with van der Waals surface area (Å²) in [6.07, 6.45) is 0. The minimum Gasteiger partial charge on any atom is -0.496 e.